The van der Waals surface area contributed by atoms with E-state index in [0.29, 0.717) is 35.7 Å². The molecule has 2 atom stereocenters. The van der Waals surface area contributed by atoms with Crippen molar-refractivity contribution >= 4 is 10.0 Å². The van der Waals surface area contributed by atoms with E-state index in [-0.39, 0.29) is 12.1 Å². The molecule has 2 unspecified atom stereocenters. The number of rotatable bonds is 2. The Balaban J connectivity index is 2.43. The van der Waals surface area contributed by atoms with E-state index in [1.807, 2.05) is 6.92 Å². The molecule has 0 saturated carbocycles. The van der Waals surface area contributed by atoms with Crippen LogP contribution in [0.3, 0.4) is 0 Å². The SMILES string of the molecule is Cc1nn(C)c(C)c1S(=O)(=O)N1CCC(N)CC1C. The van der Waals surface area contributed by atoms with Crippen molar-refractivity contribution < 1.29 is 8.42 Å². The molecule has 1 aliphatic heterocycles. The lowest BCUT2D eigenvalue weighted by atomic mass is 10.0. The zero-order valence-electron chi connectivity index (χ0n) is 11.9. The average Bonchev–Trinajstić information content (AvgIpc) is 2.52. The van der Waals surface area contributed by atoms with Crippen molar-refractivity contribution in [2.24, 2.45) is 12.8 Å². The normalized spacial score (nSPS) is 25.7. The molecule has 19 heavy (non-hydrogen) atoms. The predicted octanol–water partition coefficient (Wildman–Crippen LogP) is 0.537. The van der Waals surface area contributed by atoms with Crippen molar-refractivity contribution in [1.29, 1.82) is 0 Å². The van der Waals surface area contributed by atoms with Crippen LogP contribution in [-0.4, -0.2) is 41.1 Å². The lowest BCUT2D eigenvalue weighted by Gasteiger charge is -2.35. The number of nitrogens with zero attached hydrogens (tertiary/aromatic N) is 3. The molecule has 0 spiro atoms. The van der Waals surface area contributed by atoms with Crippen LogP contribution in [0.15, 0.2) is 4.90 Å². The van der Waals surface area contributed by atoms with Crippen molar-refractivity contribution in [3.63, 3.8) is 0 Å². The summed E-state index contributed by atoms with van der Waals surface area (Å²) < 4.78 is 28.8. The molecular formula is C12H22N4O2S. The Hall–Kier alpha value is -0.920. The van der Waals surface area contributed by atoms with E-state index in [0.717, 1.165) is 0 Å². The van der Waals surface area contributed by atoms with Crippen molar-refractivity contribution in [3.05, 3.63) is 11.4 Å². The average molecular weight is 286 g/mol. The van der Waals surface area contributed by atoms with Gasteiger partial charge in [-0.2, -0.15) is 9.40 Å². The summed E-state index contributed by atoms with van der Waals surface area (Å²) in [6.07, 6.45) is 1.42. The maximum Gasteiger partial charge on any atom is 0.246 e. The van der Waals surface area contributed by atoms with Gasteiger partial charge >= 0.3 is 0 Å². The van der Waals surface area contributed by atoms with Crippen LogP contribution >= 0.6 is 0 Å². The first-order valence-electron chi connectivity index (χ1n) is 6.52. The van der Waals surface area contributed by atoms with Gasteiger partial charge in [0.2, 0.25) is 10.0 Å². The highest BCUT2D eigenvalue weighted by molar-refractivity contribution is 7.89. The third-order valence-corrected chi connectivity index (χ3v) is 6.13. The standard InChI is InChI=1S/C12H22N4O2S/c1-8-7-11(13)5-6-16(8)19(17,18)12-9(2)14-15(4)10(12)3/h8,11H,5-7,13H2,1-4H3. The van der Waals surface area contributed by atoms with Crippen molar-refractivity contribution in [1.82, 2.24) is 14.1 Å². The zero-order valence-corrected chi connectivity index (χ0v) is 12.7. The van der Waals surface area contributed by atoms with Crippen LogP contribution in [0, 0.1) is 13.8 Å². The number of aryl methyl sites for hydroxylation is 2. The zero-order chi connectivity index (χ0) is 14.4. The summed E-state index contributed by atoms with van der Waals surface area (Å²) in [5.41, 5.74) is 7.13. The Morgan fingerprint density at radius 2 is 2.00 bits per heavy atom. The van der Waals surface area contributed by atoms with E-state index in [2.05, 4.69) is 5.10 Å². The van der Waals surface area contributed by atoms with Gasteiger partial charge < -0.3 is 5.73 Å². The van der Waals surface area contributed by atoms with E-state index < -0.39 is 10.0 Å². The molecule has 1 aromatic rings. The Kier molecular flexibility index (Phi) is 3.72. The number of piperidine rings is 1. The van der Waals surface area contributed by atoms with E-state index in [9.17, 15) is 8.42 Å². The van der Waals surface area contributed by atoms with Gasteiger partial charge in [0, 0.05) is 25.7 Å². The highest BCUT2D eigenvalue weighted by atomic mass is 32.2. The van der Waals surface area contributed by atoms with Gasteiger partial charge in [0.25, 0.3) is 0 Å². The third kappa shape index (κ3) is 2.42. The smallest absolute Gasteiger partial charge is 0.246 e. The van der Waals surface area contributed by atoms with E-state index in [1.54, 1.807) is 29.9 Å². The summed E-state index contributed by atoms with van der Waals surface area (Å²) in [5, 5.41) is 4.20. The topological polar surface area (TPSA) is 81.2 Å². The molecule has 108 valence electrons. The number of sulfonamides is 1. The van der Waals surface area contributed by atoms with Crippen LogP contribution in [0.25, 0.3) is 0 Å². The molecular weight excluding hydrogens is 264 g/mol. The van der Waals surface area contributed by atoms with Gasteiger partial charge in [-0.25, -0.2) is 8.42 Å². The van der Waals surface area contributed by atoms with Crippen LogP contribution in [0.2, 0.25) is 0 Å². The molecule has 2 N–H and O–H groups in total. The first kappa shape index (κ1) is 14.5. The van der Waals surface area contributed by atoms with Gasteiger partial charge in [-0.05, 0) is 33.6 Å². The first-order valence-corrected chi connectivity index (χ1v) is 7.96. The summed E-state index contributed by atoms with van der Waals surface area (Å²) in [5.74, 6) is 0. The van der Waals surface area contributed by atoms with Crippen LogP contribution in [0.4, 0.5) is 0 Å². The monoisotopic (exact) mass is 286 g/mol. The highest BCUT2D eigenvalue weighted by Crippen LogP contribution is 2.28. The molecule has 0 radical (unpaired) electrons. The Labute approximate surface area is 114 Å². The molecule has 1 aliphatic rings. The van der Waals surface area contributed by atoms with Crippen molar-refractivity contribution in [2.75, 3.05) is 6.54 Å². The molecule has 0 bridgehead atoms. The van der Waals surface area contributed by atoms with E-state index in [4.69, 9.17) is 5.73 Å². The van der Waals surface area contributed by atoms with E-state index in [1.165, 1.54) is 0 Å². The molecule has 0 amide bonds. The van der Waals surface area contributed by atoms with Gasteiger partial charge in [-0.15, -0.1) is 0 Å². The molecule has 2 heterocycles. The summed E-state index contributed by atoms with van der Waals surface area (Å²) in [7, 11) is -1.72. The number of hydrogen-bond acceptors (Lipinski definition) is 4. The van der Waals surface area contributed by atoms with Crippen LogP contribution in [0.5, 0.6) is 0 Å². The van der Waals surface area contributed by atoms with Gasteiger partial charge in [0.05, 0.1) is 11.4 Å². The van der Waals surface area contributed by atoms with Gasteiger partial charge in [-0.1, -0.05) is 0 Å². The Morgan fingerprint density at radius 1 is 1.37 bits per heavy atom. The van der Waals surface area contributed by atoms with Crippen LogP contribution in [-0.2, 0) is 17.1 Å². The first-order chi connectivity index (χ1) is 8.75. The van der Waals surface area contributed by atoms with Gasteiger partial charge in [0.1, 0.15) is 4.90 Å². The predicted molar refractivity (Wildman–Crippen MR) is 73.2 cm³/mol. The molecule has 1 saturated heterocycles. The highest BCUT2D eigenvalue weighted by Gasteiger charge is 2.36. The quantitative estimate of drug-likeness (QED) is 0.860. The fourth-order valence-electron chi connectivity index (χ4n) is 2.79. The second-order valence-electron chi connectivity index (χ2n) is 5.37. The summed E-state index contributed by atoms with van der Waals surface area (Å²) in [4.78, 5) is 0.345. The fraction of sp³-hybridized carbons (Fsp3) is 0.750. The van der Waals surface area contributed by atoms with E-state index >= 15 is 0 Å². The second kappa shape index (κ2) is 4.88. The Bertz CT molecular complexity index is 579. The summed E-state index contributed by atoms with van der Waals surface area (Å²) in [6, 6.07) is 0.0327. The molecule has 2 rings (SSSR count). The third-order valence-electron chi connectivity index (χ3n) is 3.87. The van der Waals surface area contributed by atoms with Crippen molar-refractivity contribution in [2.45, 2.75) is 50.6 Å². The maximum absolute atomic E-state index is 12.8. The minimum atomic E-state index is -3.48. The minimum absolute atomic E-state index is 0.0623. The van der Waals surface area contributed by atoms with Crippen LogP contribution < -0.4 is 5.73 Å². The summed E-state index contributed by atoms with van der Waals surface area (Å²) in [6.45, 7) is 5.92. The summed E-state index contributed by atoms with van der Waals surface area (Å²) >= 11 is 0. The minimum Gasteiger partial charge on any atom is -0.328 e. The van der Waals surface area contributed by atoms with Crippen LogP contribution in [0.1, 0.15) is 31.2 Å². The largest absolute Gasteiger partial charge is 0.328 e. The fourth-order valence-corrected chi connectivity index (χ4v) is 4.85. The molecule has 7 heteroatoms. The maximum atomic E-state index is 12.8. The molecule has 6 nitrogen and oxygen atoms in total. The molecule has 1 aromatic heterocycles. The Morgan fingerprint density at radius 3 is 2.47 bits per heavy atom. The number of hydrogen-bond donors (Lipinski definition) is 1. The second-order valence-corrected chi connectivity index (χ2v) is 7.20. The number of nitrogens with two attached hydrogens (primary N) is 1. The van der Waals surface area contributed by atoms with Gasteiger partial charge in [0.15, 0.2) is 0 Å². The number of aromatic nitrogens is 2. The lowest BCUT2D eigenvalue weighted by molar-refractivity contribution is 0.247. The molecule has 0 aromatic carbocycles. The molecule has 1 fully saturated rings. The van der Waals surface area contributed by atoms with Gasteiger partial charge in [-0.3, -0.25) is 4.68 Å². The lowest BCUT2D eigenvalue weighted by Crippen LogP contribution is -2.48. The van der Waals surface area contributed by atoms with Crippen molar-refractivity contribution in [3.8, 4) is 0 Å². The molecule has 0 aliphatic carbocycles.